The third-order valence-electron chi connectivity index (χ3n) is 2.76. The average Bonchev–Trinajstić information content (AvgIpc) is 2.98. The number of rotatable bonds is 4. The number of nitrogens with two attached hydrogens (primary N) is 1. The number of pyridine rings is 1. The first-order valence-corrected chi connectivity index (χ1v) is 6.59. The maximum Gasteiger partial charge on any atom is 0.253 e. The van der Waals surface area contributed by atoms with Crippen LogP contribution in [-0.4, -0.2) is 33.0 Å². The highest BCUT2D eigenvalue weighted by Crippen LogP contribution is 2.02. The molecule has 0 aliphatic carbocycles. The van der Waals surface area contributed by atoms with Crippen LogP contribution in [0.5, 0.6) is 0 Å². The summed E-state index contributed by atoms with van der Waals surface area (Å²) in [4.78, 5) is 20.2. The molecule has 0 saturated heterocycles. The second kappa shape index (κ2) is 7.22. The SMILES string of the molecule is CC(Cn1ccnc1)NC(=O)c1cncc(C#CCN)c1. The van der Waals surface area contributed by atoms with Gasteiger partial charge in [-0.2, -0.15) is 0 Å². The van der Waals surface area contributed by atoms with Crippen LogP contribution in [0.1, 0.15) is 22.8 Å². The van der Waals surface area contributed by atoms with Crippen molar-refractivity contribution in [3.8, 4) is 11.8 Å². The summed E-state index contributed by atoms with van der Waals surface area (Å²) in [5.74, 6) is 5.42. The van der Waals surface area contributed by atoms with E-state index in [4.69, 9.17) is 5.73 Å². The van der Waals surface area contributed by atoms with E-state index in [1.165, 1.54) is 6.20 Å². The van der Waals surface area contributed by atoms with Gasteiger partial charge in [0.25, 0.3) is 5.91 Å². The molecule has 2 heterocycles. The van der Waals surface area contributed by atoms with Crippen LogP contribution in [-0.2, 0) is 6.54 Å². The number of hydrogen-bond donors (Lipinski definition) is 2. The second-order valence-electron chi connectivity index (χ2n) is 4.60. The van der Waals surface area contributed by atoms with Crippen LogP contribution < -0.4 is 11.1 Å². The van der Waals surface area contributed by atoms with Crippen molar-refractivity contribution in [3.63, 3.8) is 0 Å². The minimum Gasteiger partial charge on any atom is -0.348 e. The van der Waals surface area contributed by atoms with Crippen molar-refractivity contribution in [2.75, 3.05) is 6.54 Å². The van der Waals surface area contributed by atoms with E-state index in [1.807, 2.05) is 17.7 Å². The maximum absolute atomic E-state index is 12.2. The first-order valence-electron chi connectivity index (χ1n) is 6.59. The lowest BCUT2D eigenvalue weighted by atomic mass is 10.2. The maximum atomic E-state index is 12.2. The average molecular weight is 283 g/mol. The fourth-order valence-electron chi connectivity index (χ4n) is 1.85. The van der Waals surface area contributed by atoms with Gasteiger partial charge in [0.1, 0.15) is 0 Å². The number of nitrogens with one attached hydrogen (secondary N) is 1. The van der Waals surface area contributed by atoms with E-state index in [0.717, 1.165) is 0 Å². The lowest BCUT2D eigenvalue weighted by molar-refractivity contribution is 0.0936. The van der Waals surface area contributed by atoms with Gasteiger partial charge < -0.3 is 15.6 Å². The predicted molar refractivity (Wildman–Crippen MR) is 79.3 cm³/mol. The quantitative estimate of drug-likeness (QED) is 0.796. The van der Waals surface area contributed by atoms with E-state index in [-0.39, 0.29) is 18.5 Å². The number of imidazole rings is 1. The van der Waals surface area contributed by atoms with Crippen LogP contribution in [0.3, 0.4) is 0 Å². The fraction of sp³-hybridized carbons (Fsp3) is 0.267. The molecular formula is C15H17N5O. The molecule has 2 aromatic rings. The molecule has 21 heavy (non-hydrogen) atoms. The van der Waals surface area contributed by atoms with Gasteiger partial charge in [-0.25, -0.2) is 4.98 Å². The minimum absolute atomic E-state index is 0.0227. The first-order chi connectivity index (χ1) is 10.2. The summed E-state index contributed by atoms with van der Waals surface area (Å²) in [6.07, 6.45) is 8.40. The molecule has 2 rings (SSSR count). The van der Waals surface area contributed by atoms with Crippen LogP contribution in [0.25, 0.3) is 0 Å². The van der Waals surface area contributed by atoms with Gasteiger partial charge in [0.05, 0.1) is 18.4 Å². The Labute approximate surface area is 123 Å². The molecule has 0 fully saturated rings. The standard InChI is InChI=1S/C15H17N5O/c1-12(10-20-6-5-17-11-20)19-15(21)14-7-13(3-2-4-16)8-18-9-14/h5-9,11-12H,4,10,16H2,1H3,(H,19,21). The predicted octanol–water partition coefficient (Wildman–Crippen LogP) is 0.407. The smallest absolute Gasteiger partial charge is 0.253 e. The number of aromatic nitrogens is 3. The van der Waals surface area contributed by atoms with Crippen molar-refractivity contribution in [1.29, 1.82) is 0 Å². The van der Waals surface area contributed by atoms with Gasteiger partial charge in [0, 0.05) is 42.9 Å². The largest absolute Gasteiger partial charge is 0.348 e. The van der Waals surface area contributed by atoms with Gasteiger partial charge in [-0.15, -0.1) is 0 Å². The van der Waals surface area contributed by atoms with Crippen molar-refractivity contribution in [2.24, 2.45) is 5.73 Å². The Morgan fingerprint density at radius 2 is 2.33 bits per heavy atom. The summed E-state index contributed by atoms with van der Waals surface area (Å²) in [5, 5.41) is 2.92. The molecule has 6 nitrogen and oxygen atoms in total. The summed E-state index contributed by atoms with van der Waals surface area (Å²) >= 11 is 0. The lowest BCUT2D eigenvalue weighted by Gasteiger charge is -2.14. The summed E-state index contributed by atoms with van der Waals surface area (Å²) < 4.78 is 1.91. The lowest BCUT2D eigenvalue weighted by Crippen LogP contribution is -2.35. The molecule has 0 bridgehead atoms. The molecular weight excluding hydrogens is 266 g/mol. The Kier molecular flexibility index (Phi) is 5.07. The molecule has 0 aliphatic heterocycles. The molecule has 1 amide bonds. The normalized spacial score (nSPS) is 11.3. The molecule has 0 radical (unpaired) electrons. The van der Waals surface area contributed by atoms with E-state index >= 15 is 0 Å². The monoisotopic (exact) mass is 283 g/mol. The molecule has 3 N–H and O–H groups in total. The van der Waals surface area contributed by atoms with E-state index < -0.39 is 0 Å². The number of hydrogen-bond acceptors (Lipinski definition) is 4. The van der Waals surface area contributed by atoms with Crippen LogP contribution in [0, 0.1) is 11.8 Å². The van der Waals surface area contributed by atoms with Gasteiger partial charge >= 0.3 is 0 Å². The molecule has 0 saturated carbocycles. The zero-order valence-corrected chi connectivity index (χ0v) is 11.8. The first kappa shape index (κ1) is 14.8. The van der Waals surface area contributed by atoms with Crippen molar-refractivity contribution in [2.45, 2.75) is 19.5 Å². The van der Waals surface area contributed by atoms with E-state index in [2.05, 4.69) is 27.1 Å². The molecule has 1 atom stereocenters. The Hall–Kier alpha value is -2.65. The number of amides is 1. The Morgan fingerprint density at radius 1 is 1.48 bits per heavy atom. The van der Waals surface area contributed by atoms with Gasteiger partial charge in [-0.05, 0) is 13.0 Å². The van der Waals surface area contributed by atoms with Gasteiger partial charge in [-0.3, -0.25) is 9.78 Å². The number of carbonyl (C=O) groups excluding carboxylic acids is 1. The third kappa shape index (κ3) is 4.44. The van der Waals surface area contributed by atoms with Crippen LogP contribution >= 0.6 is 0 Å². The summed E-state index contributed by atoms with van der Waals surface area (Å²) in [6, 6.07) is 1.68. The molecule has 1 unspecified atom stereocenters. The topological polar surface area (TPSA) is 85.8 Å². The summed E-state index contributed by atoms with van der Waals surface area (Å²) in [5.41, 5.74) is 6.48. The highest BCUT2D eigenvalue weighted by molar-refractivity contribution is 5.94. The Bertz CT molecular complexity index is 654. The van der Waals surface area contributed by atoms with E-state index in [0.29, 0.717) is 17.7 Å². The molecule has 6 heteroatoms. The van der Waals surface area contributed by atoms with Crippen LogP contribution in [0.4, 0.5) is 0 Å². The zero-order valence-electron chi connectivity index (χ0n) is 11.8. The molecule has 0 spiro atoms. The van der Waals surface area contributed by atoms with Gasteiger partial charge in [0.15, 0.2) is 0 Å². The fourth-order valence-corrected chi connectivity index (χ4v) is 1.85. The van der Waals surface area contributed by atoms with Crippen molar-refractivity contribution >= 4 is 5.91 Å². The van der Waals surface area contributed by atoms with Crippen molar-refractivity contribution in [3.05, 3.63) is 48.3 Å². The highest BCUT2D eigenvalue weighted by atomic mass is 16.1. The highest BCUT2D eigenvalue weighted by Gasteiger charge is 2.10. The Balaban J connectivity index is 1.99. The molecule has 2 aromatic heterocycles. The number of carbonyl (C=O) groups is 1. The zero-order chi connectivity index (χ0) is 15.1. The van der Waals surface area contributed by atoms with Crippen LogP contribution in [0.2, 0.25) is 0 Å². The third-order valence-corrected chi connectivity index (χ3v) is 2.76. The van der Waals surface area contributed by atoms with Crippen molar-refractivity contribution in [1.82, 2.24) is 19.9 Å². The van der Waals surface area contributed by atoms with Gasteiger partial charge in [-0.1, -0.05) is 11.8 Å². The summed E-state index contributed by atoms with van der Waals surface area (Å²) in [7, 11) is 0. The minimum atomic E-state index is -0.175. The second-order valence-corrected chi connectivity index (χ2v) is 4.60. The Morgan fingerprint density at radius 3 is 3.05 bits per heavy atom. The van der Waals surface area contributed by atoms with E-state index in [1.54, 1.807) is 24.8 Å². The summed E-state index contributed by atoms with van der Waals surface area (Å²) in [6.45, 7) is 2.87. The number of nitrogens with zero attached hydrogens (tertiary/aromatic N) is 3. The molecule has 0 aliphatic rings. The van der Waals surface area contributed by atoms with Gasteiger partial charge in [0.2, 0.25) is 0 Å². The molecule has 0 aromatic carbocycles. The molecule has 108 valence electrons. The van der Waals surface area contributed by atoms with Crippen LogP contribution in [0.15, 0.2) is 37.2 Å². The van der Waals surface area contributed by atoms with Crippen molar-refractivity contribution < 1.29 is 4.79 Å². The van der Waals surface area contributed by atoms with E-state index in [9.17, 15) is 4.79 Å².